The van der Waals surface area contributed by atoms with Crippen LogP contribution in [0.2, 0.25) is 5.02 Å². The summed E-state index contributed by atoms with van der Waals surface area (Å²) in [5.41, 5.74) is 5.06. The Morgan fingerprint density at radius 3 is 2.62 bits per heavy atom. The van der Waals surface area contributed by atoms with Crippen molar-refractivity contribution >= 4 is 40.6 Å². The number of ether oxygens (including phenoxy) is 1. The van der Waals surface area contributed by atoms with E-state index in [0.29, 0.717) is 17.0 Å². The van der Waals surface area contributed by atoms with Crippen molar-refractivity contribution < 1.29 is 20.1 Å². The number of hydrogen-bond acceptors (Lipinski definition) is 4. The van der Waals surface area contributed by atoms with Gasteiger partial charge in [0.25, 0.3) is 0 Å². The molecule has 0 unspecified atom stereocenters. The standard InChI is InChI=1S/C28H24ClNO3.H2O/c1-33-28(32)26-8-3-2-6-22(26)16-23(18-31)21-7-4-5-19(15-21)9-13-25-14-11-20-10-12-24(29)17-27(20)30-25;/h2-15,17,23,31H,16,18H2,1H3;1H2/b13-9+;/t23-;/m1./s1. The van der Waals surface area contributed by atoms with E-state index in [9.17, 15) is 9.90 Å². The fourth-order valence-corrected chi connectivity index (χ4v) is 4.02. The lowest BCUT2D eigenvalue weighted by atomic mass is 9.89. The molecule has 34 heavy (non-hydrogen) atoms. The second-order valence-electron chi connectivity index (χ2n) is 7.81. The second kappa shape index (κ2) is 11.6. The number of rotatable bonds is 7. The molecule has 0 aliphatic rings. The van der Waals surface area contributed by atoms with E-state index in [1.807, 2.05) is 78.9 Å². The predicted molar refractivity (Wildman–Crippen MR) is 137 cm³/mol. The normalized spacial score (nSPS) is 11.9. The fourth-order valence-electron chi connectivity index (χ4n) is 3.86. The molecule has 3 N–H and O–H groups in total. The topological polar surface area (TPSA) is 90.9 Å². The molecule has 0 bridgehead atoms. The molecule has 6 heteroatoms. The van der Waals surface area contributed by atoms with Crippen molar-refractivity contribution in [3.63, 3.8) is 0 Å². The lowest BCUT2D eigenvalue weighted by Gasteiger charge is -2.17. The smallest absolute Gasteiger partial charge is 0.338 e. The molecule has 0 radical (unpaired) electrons. The first-order valence-corrected chi connectivity index (χ1v) is 11.1. The average molecular weight is 476 g/mol. The van der Waals surface area contributed by atoms with Gasteiger partial charge in [0, 0.05) is 16.3 Å². The highest BCUT2D eigenvalue weighted by molar-refractivity contribution is 6.31. The van der Waals surface area contributed by atoms with Gasteiger partial charge in [-0.25, -0.2) is 9.78 Å². The average Bonchev–Trinajstić information content (AvgIpc) is 2.85. The molecule has 0 spiro atoms. The first kappa shape index (κ1) is 25.1. The molecule has 0 saturated heterocycles. The SMILES string of the molecule is COC(=O)c1ccccc1C[C@H](CO)c1cccc(/C=C/c2ccc3ccc(Cl)cc3n2)c1.O. The first-order chi connectivity index (χ1) is 16.1. The van der Waals surface area contributed by atoms with Crippen LogP contribution in [0.5, 0.6) is 0 Å². The molecule has 0 fully saturated rings. The van der Waals surface area contributed by atoms with E-state index in [0.717, 1.165) is 33.3 Å². The molecule has 4 aromatic rings. The maximum absolute atomic E-state index is 12.1. The molecule has 0 aliphatic carbocycles. The molecule has 0 amide bonds. The van der Waals surface area contributed by atoms with Gasteiger partial charge in [0.05, 0.1) is 30.5 Å². The van der Waals surface area contributed by atoms with Gasteiger partial charge in [-0.15, -0.1) is 0 Å². The quantitative estimate of drug-likeness (QED) is 0.365. The molecule has 1 aromatic heterocycles. The minimum absolute atomic E-state index is 0. The molecule has 5 nitrogen and oxygen atoms in total. The number of halogens is 1. The molecular weight excluding hydrogens is 450 g/mol. The molecule has 174 valence electrons. The lowest BCUT2D eigenvalue weighted by molar-refractivity contribution is 0.0599. The molecule has 0 saturated carbocycles. The van der Waals surface area contributed by atoms with Crippen LogP contribution in [0.1, 0.15) is 38.7 Å². The number of esters is 1. The van der Waals surface area contributed by atoms with Gasteiger partial charge in [0.2, 0.25) is 0 Å². The third kappa shape index (κ3) is 5.88. The number of carbonyl (C=O) groups excluding carboxylic acids is 1. The van der Waals surface area contributed by atoms with E-state index >= 15 is 0 Å². The number of aliphatic hydroxyl groups excluding tert-OH is 1. The second-order valence-corrected chi connectivity index (χ2v) is 8.25. The predicted octanol–water partition coefficient (Wildman–Crippen LogP) is 5.34. The van der Waals surface area contributed by atoms with Crippen LogP contribution in [0.25, 0.3) is 23.1 Å². The Hall–Kier alpha value is -3.51. The van der Waals surface area contributed by atoms with Crippen molar-refractivity contribution in [2.24, 2.45) is 0 Å². The summed E-state index contributed by atoms with van der Waals surface area (Å²) < 4.78 is 4.90. The van der Waals surface area contributed by atoms with Gasteiger partial charge >= 0.3 is 5.97 Å². The van der Waals surface area contributed by atoms with E-state index in [1.165, 1.54) is 7.11 Å². The minimum Gasteiger partial charge on any atom is -0.465 e. The summed E-state index contributed by atoms with van der Waals surface area (Å²) in [6.45, 7) is -0.0321. The monoisotopic (exact) mass is 475 g/mol. The van der Waals surface area contributed by atoms with Gasteiger partial charge in [-0.3, -0.25) is 0 Å². The summed E-state index contributed by atoms with van der Waals surface area (Å²) >= 11 is 6.09. The van der Waals surface area contributed by atoms with Crippen LogP contribution in [0.15, 0.2) is 78.9 Å². The van der Waals surface area contributed by atoms with Crippen LogP contribution in [-0.2, 0) is 11.2 Å². The molecule has 1 atom stereocenters. The van der Waals surface area contributed by atoms with Crippen LogP contribution in [0.3, 0.4) is 0 Å². The highest BCUT2D eigenvalue weighted by atomic mass is 35.5. The Bertz CT molecular complexity index is 1320. The third-order valence-corrected chi connectivity index (χ3v) is 5.85. The molecule has 4 rings (SSSR count). The summed E-state index contributed by atoms with van der Waals surface area (Å²) in [4.78, 5) is 16.8. The number of fused-ring (bicyclic) bond motifs is 1. The number of pyridine rings is 1. The van der Waals surface area contributed by atoms with Gasteiger partial charge < -0.3 is 15.3 Å². The summed E-state index contributed by atoms with van der Waals surface area (Å²) in [5.74, 6) is -0.520. The number of nitrogens with zero attached hydrogens (tertiary/aromatic N) is 1. The van der Waals surface area contributed by atoms with E-state index < -0.39 is 0 Å². The van der Waals surface area contributed by atoms with Crippen molar-refractivity contribution in [2.45, 2.75) is 12.3 Å². The number of methoxy groups -OCH3 is 1. The third-order valence-electron chi connectivity index (χ3n) is 5.61. The van der Waals surface area contributed by atoms with Crippen molar-refractivity contribution in [2.75, 3.05) is 13.7 Å². The van der Waals surface area contributed by atoms with E-state index in [-0.39, 0.29) is 24.0 Å². The zero-order valence-electron chi connectivity index (χ0n) is 18.7. The summed E-state index contributed by atoms with van der Waals surface area (Å²) in [7, 11) is 1.37. The van der Waals surface area contributed by atoms with Crippen molar-refractivity contribution in [3.05, 3.63) is 112 Å². The van der Waals surface area contributed by atoms with Crippen LogP contribution in [0.4, 0.5) is 0 Å². The molecule has 0 aliphatic heterocycles. The van der Waals surface area contributed by atoms with Crippen LogP contribution < -0.4 is 0 Å². The molecule has 3 aromatic carbocycles. The number of aliphatic hydroxyl groups is 1. The van der Waals surface area contributed by atoms with Crippen molar-refractivity contribution in [1.82, 2.24) is 4.98 Å². The van der Waals surface area contributed by atoms with Gasteiger partial charge in [0.15, 0.2) is 0 Å². The van der Waals surface area contributed by atoms with E-state index in [2.05, 4.69) is 11.1 Å². The van der Waals surface area contributed by atoms with Gasteiger partial charge in [-0.1, -0.05) is 72.3 Å². The zero-order chi connectivity index (χ0) is 23.2. The Morgan fingerprint density at radius 2 is 1.82 bits per heavy atom. The molecule has 1 heterocycles. The highest BCUT2D eigenvalue weighted by Gasteiger charge is 2.17. The van der Waals surface area contributed by atoms with Crippen molar-refractivity contribution in [1.29, 1.82) is 0 Å². The summed E-state index contributed by atoms with van der Waals surface area (Å²) in [5, 5.41) is 11.8. The number of carbonyl (C=O) groups is 1. The van der Waals surface area contributed by atoms with E-state index in [4.69, 9.17) is 16.3 Å². The summed E-state index contributed by atoms with van der Waals surface area (Å²) in [6.07, 6.45) is 4.49. The van der Waals surface area contributed by atoms with Gasteiger partial charge in [-0.2, -0.15) is 0 Å². The maximum Gasteiger partial charge on any atom is 0.338 e. The Labute approximate surface area is 203 Å². The first-order valence-electron chi connectivity index (χ1n) is 10.7. The Kier molecular flexibility index (Phi) is 8.55. The fraction of sp³-hybridized carbons (Fsp3) is 0.143. The van der Waals surface area contributed by atoms with Gasteiger partial charge in [-0.05, 0) is 53.5 Å². The van der Waals surface area contributed by atoms with Gasteiger partial charge in [0.1, 0.15) is 0 Å². The Balaban J connectivity index is 0.00000324. The zero-order valence-corrected chi connectivity index (χ0v) is 19.5. The minimum atomic E-state index is -0.372. The summed E-state index contributed by atoms with van der Waals surface area (Å²) in [6, 6.07) is 25.0. The van der Waals surface area contributed by atoms with Crippen LogP contribution >= 0.6 is 11.6 Å². The lowest BCUT2D eigenvalue weighted by Crippen LogP contribution is -2.12. The molecular formula is C28H26ClNO4. The largest absolute Gasteiger partial charge is 0.465 e. The highest BCUT2D eigenvalue weighted by Crippen LogP contribution is 2.25. The number of benzene rings is 3. The number of hydrogen-bond donors (Lipinski definition) is 1. The maximum atomic E-state index is 12.1. The van der Waals surface area contributed by atoms with Crippen molar-refractivity contribution in [3.8, 4) is 0 Å². The van der Waals surface area contributed by atoms with Crippen LogP contribution in [0, 0.1) is 0 Å². The van der Waals surface area contributed by atoms with E-state index in [1.54, 1.807) is 6.07 Å². The Morgan fingerprint density at radius 1 is 1.03 bits per heavy atom. The number of aromatic nitrogens is 1. The van der Waals surface area contributed by atoms with Crippen LogP contribution in [-0.4, -0.2) is 35.3 Å².